The van der Waals surface area contributed by atoms with Crippen molar-refractivity contribution in [3.05, 3.63) is 46.7 Å². The Bertz CT molecular complexity index is 574. The number of halogens is 1. The van der Waals surface area contributed by atoms with Crippen LogP contribution < -0.4 is 0 Å². The van der Waals surface area contributed by atoms with Crippen LogP contribution >= 0.6 is 11.6 Å². The standard InChI is InChI=1S/C12H9ClN2O/c13-8-2-1-3-9(6-8)15-11-4-5-12(16)10(11)7-14-15/h1-3,6-7H,4-5H2. The number of carbonyl (C=O) groups excluding carboxylic acids is 1. The molecule has 0 saturated carbocycles. The second kappa shape index (κ2) is 3.46. The van der Waals surface area contributed by atoms with Gasteiger partial charge in [0.05, 0.1) is 23.1 Å². The maximum absolute atomic E-state index is 11.5. The third kappa shape index (κ3) is 1.36. The van der Waals surface area contributed by atoms with Gasteiger partial charge in [0, 0.05) is 11.4 Å². The zero-order valence-corrected chi connectivity index (χ0v) is 9.24. The molecule has 0 spiro atoms. The Kier molecular flexibility index (Phi) is 2.07. The highest BCUT2D eigenvalue weighted by Gasteiger charge is 2.24. The minimum absolute atomic E-state index is 0.184. The number of hydrogen-bond acceptors (Lipinski definition) is 2. The molecule has 0 radical (unpaired) electrons. The molecule has 0 fully saturated rings. The van der Waals surface area contributed by atoms with E-state index in [9.17, 15) is 4.79 Å². The molecule has 2 aromatic rings. The zero-order chi connectivity index (χ0) is 11.1. The molecule has 0 N–H and O–H groups in total. The fourth-order valence-electron chi connectivity index (χ4n) is 2.04. The van der Waals surface area contributed by atoms with Crippen LogP contribution in [0.1, 0.15) is 22.5 Å². The van der Waals surface area contributed by atoms with Crippen LogP contribution in [0.4, 0.5) is 0 Å². The van der Waals surface area contributed by atoms with E-state index in [1.54, 1.807) is 10.9 Å². The lowest BCUT2D eigenvalue weighted by Gasteiger charge is -2.05. The minimum atomic E-state index is 0.184. The second-order valence-corrected chi connectivity index (χ2v) is 4.26. The average molecular weight is 233 g/mol. The third-order valence-electron chi connectivity index (χ3n) is 2.81. The summed E-state index contributed by atoms with van der Waals surface area (Å²) in [5.74, 6) is 0.184. The highest BCUT2D eigenvalue weighted by molar-refractivity contribution is 6.30. The summed E-state index contributed by atoms with van der Waals surface area (Å²) in [6.45, 7) is 0. The van der Waals surface area contributed by atoms with Crippen LogP contribution in [0.15, 0.2) is 30.5 Å². The molecule has 1 aromatic heterocycles. The number of rotatable bonds is 1. The Balaban J connectivity index is 2.15. The molecule has 3 rings (SSSR count). The van der Waals surface area contributed by atoms with E-state index in [0.717, 1.165) is 23.4 Å². The highest BCUT2D eigenvalue weighted by Crippen LogP contribution is 2.25. The number of aromatic nitrogens is 2. The Labute approximate surface area is 97.6 Å². The quantitative estimate of drug-likeness (QED) is 0.758. The van der Waals surface area contributed by atoms with Gasteiger partial charge in [0.1, 0.15) is 0 Å². The van der Waals surface area contributed by atoms with E-state index in [1.165, 1.54) is 0 Å². The molecule has 0 atom stereocenters. The number of nitrogens with zero attached hydrogens (tertiary/aromatic N) is 2. The van der Waals surface area contributed by atoms with E-state index in [2.05, 4.69) is 5.10 Å². The lowest BCUT2D eigenvalue weighted by molar-refractivity contribution is 0.0994. The maximum atomic E-state index is 11.5. The van der Waals surface area contributed by atoms with Crippen LogP contribution in [0.2, 0.25) is 5.02 Å². The Morgan fingerprint density at radius 1 is 1.31 bits per heavy atom. The fraction of sp³-hybridized carbons (Fsp3) is 0.167. The monoisotopic (exact) mass is 232 g/mol. The van der Waals surface area contributed by atoms with E-state index < -0.39 is 0 Å². The van der Waals surface area contributed by atoms with Gasteiger partial charge in [-0.05, 0) is 24.6 Å². The van der Waals surface area contributed by atoms with E-state index in [1.807, 2.05) is 24.3 Å². The van der Waals surface area contributed by atoms with Crippen molar-refractivity contribution in [3.8, 4) is 5.69 Å². The fourth-order valence-corrected chi connectivity index (χ4v) is 2.23. The normalized spacial score (nSPS) is 14.2. The first-order valence-corrected chi connectivity index (χ1v) is 5.49. The maximum Gasteiger partial charge on any atom is 0.166 e. The zero-order valence-electron chi connectivity index (χ0n) is 8.48. The number of Topliss-reactive ketones (excluding diaryl/α,β-unsaturated/α-hetero) is 1. The van der Waals surface area contributed by atoms with E-state index in [0.29, 0.717) is 11.4 Å². The van der Waals surface area contributed by atoms with Gasteiger partial charge in [-0.25, -0.2) is 4.68 Å². The van der Waals surface area contributed by atoms with Gasteiger partial charge in [0.25, 0.3) is 0 Å². The van der Waals surface area contributed by atoms with Gasteiger partial charge in [-0.1, -0.05) is 17.7 Å². The first kappa shape index (κ1) is 9.60. The van der Waals surface area contributed by atoms with Crippen LogP contribution in [0, 0.1) is 0 Å². The molecule has 1 aromatic carbocycles. The number of carbonyl (C=O) groups is 1. The van der Waals surface area contributed by atoms with Crippen LogP contribution in [-0.4, -0.2) is 15.6 Å². The van der Waals surface area contributed by atoms with E-state index in [-0.39, 0.29) is 5.78 Å². The first-order valence-electron chi connectivity index (χ1n) is 5.12. The second-order valence-electron chi connectivity index (χ2n) is 3.82. The van der Waals surface area contributed by atoms with Crippen molar-refractivity contribution >= 4 is 17.4 Å². The van der Waals surface area contributed by atoms with Crippen LogP contribution in [0.25, 0.3) is 5.69 Å². The average Bonchev–Trinajstić information content (AvgIpc) is 2.82. The molecule has 0 bridgehead atoms. The summed E-state index contributed by atoms with van der Waals surface area (Å²) in [7, 11) is 0. The van der Waals surface area contributed by atoms with Crippen molar-refractivity contribution in [2.75, 3.05) is 0 Å². The number of hydrogen-bond donors (Lipinski definition) is 0. The van der Waals surface area contributed by atoms with Gasteiger partial charge >= 0.3 is 0 Å². The van der Waals surface area contributed by atoms with Gasteiger partial charge in [-0.2, -0.15) is 5.10 Å². The summed E-state index contributed by atoms with van der Waals surface area (Å²) in [5.41, 5.74) is 2.65. The third-order valence-corrected chi connectivity index (χ3v) is 3.05. The summed E-state index contributed by atoms with van der Waals surface area (Å²) in [6.07, 6.45) is 3.00. The molecule has 1 heterocycles. The van der Waals surface area contributed by atoms with Gasteiger partial charge in [-0.3, -0.25) is 4.79 Å². The summed E-state index contributed by atoms with van der Waals surface area (Å²) in [5, 5.41) is 4.91. The van der Waals surface area contributed by atoms with Crippen molar-refractivity contribution in [2.24, 2.45) is 0 Å². The summed E-state index contributed by atoms with van der Waals surface area (Å²) in [6, 6.07) is 7.47. The lowest BCUT2D eigenvalue weighted by atomic mass is 10.2. The minimum Gasteiger partial charge on any atom is -0.294 e. The number of benzene rings is 1. The van der Waals surface area contributed by atoms with E-state index in [4.69, 9.17) is 11.6 Å². The molecule has 0 unspecified atom stereocenters. The predicted molar refractivity (Wildman–Crippen MR) is 61.2 cm³/mol. The van der Waals surface area contributed by atoms with Gasteiger partial charge in [0.2, 0.25) is 0 Å². The molecule has 1 aliphatic carbocycles. The van der Waals surface area contributed by atoms with Crippen LogP contribution in [-0.2, 0) is 6.42 Å². The van der Waals surface area contributed by atoms with Crippen LogP contribution in [0.3, 0.4) is 0 Å². The van der Waals surface area contributed by atoms with Gasteiger partial charge in [-0.15, -0.1) is 0 Å². The molecule has 80 valence electrons. The van der Waals surface area contributed by atoms with Crippen molar-refractivity contribution in [2.45, 2.75) is 12.8 Å². The molecule has 1 aliphatic rings. The van der Waals surface area contributed by atoms with Gasteiger partial charge in [0.15, 0.2) is 5.78 Å². The summed E-state index contributed by atoms with van der Waals surface area (Å²) < 4.78 is 1.80. The molecule has 0 saturated heterocycles. The summed E-state index contributed by atoms with van der Waals surface area (Å²) >= 11 is 5.93. The molecule has 16 heavy (non-hydrogen) atoms. The Hall–Kier alpha value is -1.61. The Morgan fingerprint density at radius 3 is 3.00 bits per heavy atom. The number of ketones is 1. The van der Waals surface area contributed by atoms with Crippen molar-refractivity contribution in [1.82, 2.24) is 9.78 Å². The van der Waals surface area contributed by atoms with E-state index >= 15 is 0 Å². The van der Waals surface area contributed by atoms with Crippen molar-refractivity contribution < 1.29 is 4.79 Å². The molecular formula is C12H9ClN2O. The smallest absolute Gasteiger partial charge is 0.166 e. The Morgan fingerprint density at radius 2 is 2.19 bits per heavy atom. The first-order chi connectivity index (χ1) is 7.75. The van der Waals surface area contributed by atoms with Crippen LogP contribution in [0.5, 0.6) is 0 Å². The molecule has 4 heteroatoms. The molecular weight excluding hydrogens is 224 g/mol. The SMILES string of the molecule is O=C1CCc2c1cnn2-c1cccc(Cl)c1. The number of fused-ring (bicyclic) bond motifs is 1. The van der Waals surface area contributed by atoms with Gasteiger partial charge < -0.3 is 0 Å². The molecule has 0 aliphatic heterocycles. The van der Waals surface area contributed by atoms with Crippen molar-refractivity contribution in [3.63, 3.8) is 0 Å². The molecule has 0 amide bonds. The topological polar surface area (TPSA) is 34.9 Å². The largest absolute Gasteiger partial charge is 0.294 e. The van der Waals surface area contributed by atoms with Crippen molar-refractivity contribution in [1.29, 1.82) is 0 Å². The highest BCUT2D eigenvalue weighted by atomic mass is 35.5. The lowest BCUT2D eigenvalue weighted by Crippen LogP contribution is -2.00. The predicted octanol–water partition coefficient (Wildman–Crippen LogP) is 2.65. The molecule has 3 nitrogen and oxygen atoms in total. The summed E-state index contributed by atoms with van der Waals surface area (Å²) in [4.78, 5) is 11.5.